The van der Waals surface area contributed by atoms with Gasteiger partial charge >= 0.3 is 0 Å². The summed E-state index contributed by atoms with van der Waals surface area (Å²) in [6.07, 6.45) is 4.10. The highest BCUT2D eigenvalue weighted by Crippen LogP contribution is 2.22. The lowest BCUT2D eigenvalue weighted by Crippen LogP contribution is -2.22. The first-order valence-corrected chi connectivity index (χ1v) is 8.62. The molecule has 0 aliphatic carbocycles. The molecule has 24 heavy (non-hydrogen) atoms. The Labute approximate surface area is 145 Å². The molecule has 1 N–H and O–H groups in total. The zero-order valence-electron chi connectivity index (χ0n) is 13.7. The SMILES string of the molecule is Cc1ccc(Cc2sc(CNC(=O)c3ccncc3)nc2C)cc1. The van der Waals surface area contributed by atoms with Gasteiger partial charge in [0, 0.05) is 29.3 Å². The molecule has 0 spiro atoms. The smallest absolute Gasteiger partial charge is 0.251 e. The van der Waals surface area contributed by atoms with E-state index < -0.39 is 0 Å². The molecule has 4 nitrogen and oxygen atoms in total. The average Bonchev–Trinajstić information content (AvgIpc) is 2.95. The maximum absolute atomic E-state index is 12.1. The molecular weight excluding hydrogens is 318 g/mol. The van der Waals surface area contributed by atoms with Crippen molar-refractivity contribution in [2.24, 2.45) is 0 Å². The third-order valence-corrected chi connectivity index (χ3v) is 4.92. The quantitative estimate of drug-likeness (QED) is 0.773. The van der Waals surface area contributed by atoms with Crippen LogP contribution in [-0.4, -0.2) is 15.9 Å². The fourth-order valence-corrected chi connectivity index (χ4v) is 3.42. The predicted octanol–water partition coefficient (Wildman–Crippen LogP) is 3.68. The van der Waals surface area contributed by atoms with Crippen LogP contribution in [0.4, 0.5) is 0 Å². The highest BCUT2D eigenvalue weighted by Gasteiger charge is 2.10. The molecule has 122 valence electrons. The molecule has 0 radical (unpaired) electrons. The monoisotopic (exact) mass is 337 g/mol. The molecular formula is C19H19N3OS. The van der Waals surface area contributed by atoms with Crippen molar-refractivity contribution in [2.75, 3.05) is 0 Å². The average molecular weight is 337 g/mol. The van der Waals surface area contributed by atoms with E-state index in [0.29, 0.717) is 12.1 Å². The van der Waals surface area contributed by atoms with Crippen LogP contribution in [-0.2, 0) is 13.0 Å². The van der Waals surface area contributed by atoms with Crippen LogP contribution >= 0.6 is 11.3 Å². The Kier molecular flexibility index (Phi) is 5.01. The van der Waals surface area contributed by atoms with Crippen molar-refractivity contribution in [2.45, 2.75) is 26.8 Å². The van der Waals surface area contributed by atoms with Crippen molar-refractivity contribution in [1.82, 2.24) is 15.3 Å². The maximum Gasteiger partial charge on any atom is 0.251 e. The number of aryl methyl sites for hydroxylation is 2. The summed E-state index contributed by atoms with van der Waals surface area (Å²) in [5.41, 5.74) is 4.19. The summed E-state index contributed by atoms with van der Waals surface area (Å²) in [6.45, 7) is 4.56. The fraction of sp³-hybridized carbons (Fsp3) is 0.211. The number of pyridine rings is 1. The molecule has 0 bridgehead atoms. The Morgan fingerprint density at radius 1 is 1.08 bits per heavy atom. The van der Waals surface area contributed by atoms with E-state index in [0.717, 1.165) is 17.1 Å². The molecule has 0 saturated heterocycles. The van der Waals surface area contributed by atoms with Crippen LogP contribution < -0.4 is 5.32 Å². The van der Waals surface area contributed by atoms with Gasteiger partial charge in [-0.05, 0) is 31.5 Å². The summed E-state index contributed by atoms with van der Waals surface area (Å²) < 4.78 is 0. The van der Waals surface area contributed by atoms with Gasteiger partial charge in [-0.1, -0.05) is 29.8 Å². The molecule has 1 aromatic carbocycles. The predicted molar refractivity (Wildman–Crippen MR) is 96.2 cm³/mol. The van der Waals surface area contributed by atoms with E-state index in [-0.39, 0.29) is 5.91 Å². The Balaban J connectivity index is 1.63. The lowest BCUT2D eigenvalue weighted by Gasteiger charge is -2.02. The van der Waals surface area contributed by atoms with Crippen LogP contribution in [0.15, 0.2) is 48.8 Å². The van der Waals surface area contributed by atoms with Crippen LogP contribution in [0.2, 0.25) is 0 Å². The van der Waals surface area contributed by atoms with Gasteiger partial charge in [-0.3, -0.25) is 9.78 Å². The molecule has 0 saturated carbocycles. The van der Waals surface area contributed by atoms with Crippen LogP contribution in [0.5, 0.6) is 0 Å². The van der Waals surface area contributed by atoms with Crippen LogP contribution in [0.1, 0.15) is 37.1 Å². The van der Waals surface area contributed by atoms with Gasteiger partial charge in [-0.2, -0.15) is 0 Å². The number of nitrogens with one attached hydrogen (secondary N) is 1. The highest BCUT2D eigenvalue weighted by molar-refractivity contribution is 7.11. The Hall–Kier alpha value is -2.53. The summed E-state index contributed by atoms with van der Waals surface area (Å²) in [5.74, 6) is -0.106. The highest BCUT2D eigenvalue weighted by atomic mass is 32.1. The largest absolute Gasteiger partial charge is 0.346 e. The molecule has 0 unspecified atom stereocenters. The topological polar surface area (TPSA) is 54.9 Å². The van der Waals surface area contributed by atoms with Gasteiger partial charge in [-0.25, -0.2) is 4.98 Å². The standard InChI is InChI=1S/C19H19N3OS/c1-13-3-5-15(6-4-13)11-17-14(2)22-18(24-17)12-21-19(23)16-7-9-20-10-8-16/h3-10H,11-12H2,1-2H3,(H,21,23). The number of rotatable bonds is 5. The van der Waals surface area contributed by atoms with Gasteiger partial charge in [0.1, 0.15) is 5.01 Å². The maximum atomic E-state index is 12.1. The number of nitrogens with zero attached hydrogens (tertiary/aromatic N) is 2. The van der Waals surface area contributed by atoms with E-state index in [9.17, 15) is 4.79 Å². The van der Waals surface area contributed by atoms with Crippen molar-refractivity contribution < 1.29 is 4.79 Å². The Morgan fingerprint density at radius 2 is 1.79 bits per heavy atom. The molecule has 1 amide bonds. The fourth-order valence-electron chi connectivity index (χ4n) is 2.38. The molecule has 0 atom stereocenters. The third kappa shape index (κ3) is 4.06. The molecule has 0 aliphatic heterocycles. The summed E-state index contributed by atoms with van der Waals surface area (Å²) in [4.78, 5) is 21.8. The van der Waals surface area contributed by atoms with E-state index >= 15 is 0 Å². The van der Waals surface area contributed by atoms with Crippen LogP contribution in [0.3, 0.4) is 0 Å². The van der Waals surface area contributed by atoms with Gasteiger partial charge in [0.15, 0.2) is 0 Å². The number of amides is 1. The normalized spacial score (nSPS) is 10.6. The number of thiazole rings is 1. The van der Waals surface area contributed by atoms with Crippen molar-refractivity contribution in [3.05, 3.63) is 81.1 Å². The third-order valence-electron chi connectivity index (χ3n) is 3.76. The van der Waals surface area contributed by atoms with Gasteiger partial charge in [0.25, 0.3) is 5.91 Å². The second-order valence-corrected chi connectivity index (χ2v) is 6.87. The minimum atomic E-state index is -0.106. The summed E-state index contributed by atoms with van der Waals surface area (Å²) in [6, 6.07) is 12.0. The van der Waals surface area contributed by atoms with E-state index in [4.69, 9.17) is 0 Å². The Morgan fingerprint density at radius 3 is 2.50 bits per heavy atom. The molecule has 0 fully saturated rings. The molecule has 2 aromatic heterocycles. The summed E-state index contributed by atoms with van der Waals surface area (Å²) in [7, 11) is 0. The van der Waals surface area contributed by atoms with Crippen molar-refractivity contribution in [1.29, 1.82) is 0 Å². The van der Waals surface area contributed by atoms with Gasteiger partial charge < -0.3 is 5.32 Å². The number of carbonyl (C=O) groups excluding carboxylic acids is 1. The number of carbonyl (C=O) groups is 1. The zero-order chi connectivity index (χ0) is 16.9. The first-order valence-electron chi connectivity index (χ1n) is 7.81. The van der Waals surface area contributed by atoms with E-state index in [1.807, 2.05) is 6.92 Å². The number of hydrogen-bond donors (Lipinski definition) is 1. The molecule has 2 heterocycles. The van der Waals surface area contributed by atoms with E-state index in [1.165, 1.54) is 16.0 Å². The van der Waals surface area contributed by atoms with Crippen LogP contribution in [0, 0.1) is 13.8 Å². The van der Waals surface area contributed by atoms with Crippen molar-refractivity contribution in [3.63, 3.8) is 0 Å². The van der Waals surface area contributed by atoms with Gasteiger partial charge in [0.2, 0.25) is 0 Å². The first kappa shape index (κ1) is 16.3. The minimum absolute atomic E-state index is 0.106. The van der Waals surface area contributed by atoms with E-state index in [1.54, 1.807) is 35.9 Å². The Bertz CT molecular complexity index is 826. The second-order valence-electron chi connectivity index (χ2n) is 5.70. The second kappa shape index (κ2) is 7.36. The summed E-state index contributed by atoms with van der Waals surface area (Å²) >= 11 is 1.66. The molecule has 5 heteroatoms. The first-order chi connectivity index (χ1) is 11.6. The number of aromatic nitrogens is 2. The van der Waals surface area contributed by atoms with Crippen molar-refractivity contribution in [3.8, 4) is 0 Å². The minimum Gasteiger partial charge on any atom is -0.346 e. The number of hydrogen-bond acceptors (Lipinski definition) is 4. The molecule has 3 rings (SSSR count). The molecule has 0 aliphatic rings. The summed E-state index contributed by atoms with van der Waals surface area (Å²) in [5, 5.41) is 3.84. The lowest BCUT2D eigenvalue weighted by atomic mass is 10.1. The number of benzene rings is 1. The zero-order valence-corrected chi connectivity index (χ0v) is 14.6. The van der Waals surface area contributed by atoms with E-state index in [2.05, 4.69) is 46.5 Å². The lowest BCUT2D eigenvalue weighted by molar-refractivity contribution is 0.0950. The van der Waals surface area contributed by atoms with Crippen molar-refractivity contribution >= 4 is 17.2 Å². The molecule has 3 aromatic rings. The van der Waals surface area contributed by atoms with Crippen LogP contribution in [0.25, 0.3) is 0 Å². The van der Waals surface area contributed by atoms with Gasteiger partial charge in [-0.15, -0.1) is 11.3 Å². The van der Waals surface area contributed by atoms with Gasteiger partial charge in [0.05, 0.1) is 12.2 Å².